The van der Waals surface area contributed by atoms with Gasteiger partial charge in [-0.2, -0.15) is 0 Å². The fourth-order valence-electron chi connectivity index (χ4n) is 2.14. The van der Waals surface area contributed by atoms with Crippen molar-refractivity contribution in [2.24, 2.45) is 0 Å². The van der Waals surface area contributed by atoms with Crippen molar-refractivity contribution in [1.82, 2.24) is 14.9 Å². The number of carbonyl (C=O) groups excluding carboxylic acids is 1. The molecule has 25 heavy (non-hydrogen) atoms. The maximum atomic E-state index is 11.8. The van der Waals surface area contributed by atoms with Crippen LogP contribution in [0.3, 0.4) is 0 Å². The lowest BCUT2D eigenvalue weighted by Crippen LogP contribution is -2.32. The Morgan fingerprint density at radius 3 is 2.56 bits per heavy atom. The fraction of sp³-hybridized carbons (Fsp3) is 0.222. The van der Waals surface area contributed by atoms with Crippen LogP contribution in [0, 0.1) is 0 Å². The molecule has 0 spiro atoms. The highest BCUT2D eigenvalue weighted by atomic mass is 16.4. The number of nitrogens with zero attached hydrogens (tertiary/aromatic N) is 3. The molecular weight excluding hydrogens is 320 g/mol. The second-order valence-electron chi connectivity index (χ2n) is 5.35. The molecule has 0 atom stereocenters. The number of aromatic nitrogens is 2. The standard InChI is InChI=1S/C18H20N4O3/c1-14(23)22(13-15-5-3-2-4-6-15)10-9-19-17-12-20-16(11-21-17)7-8-18(24)25/h2-8,11-12H,9-10,13H2,1H3,(H,19,21)(H,24,25). The summed E-state index contributed by atoms with van der Waals surface area (Å²) in [6.07, 6.45) is 5.38. The number of benzene rings is 1. The third-order valence-corrected chi connectivity index (χ3v) is 3.42. The van der Waals surface area contributed by atoms with Gasteiger partial charge in [-0.15, -0.1) is 0 Å². The monoisotopic (exact) mass is 340 g/mol. The Morgan fingerprint density at radius 2 is 1.96 bits per heavy atom. The summed E-state index contributed by atoms with van der Waals surface area (Å²) in [5.74, 6) is -0.465. The fourth-order valence-corrected chi connectivity index (χ4v) is 2.14. The largest absolute Gasteiger partial charge is 0.478 e. The van der Waals surface area contributed by atoms with E-state index in [9.17, 15) is 9.59 Å². The summed E-state index contributed by atoms with van der Waals surface area (Å²) >= 11 is 0. The minimum absolute atomic E-state index is 0.00546. The predicted molar refractivity (Wildman–Crippen MR) is 94.7 cm³/mol. The van der Waals surface area contributed by atoms with Crippen molar-refractivity contribution in [2.45, 2.75) is 13.5 Å². The number of carbonyl (C=O) groups is 2. The van der Waals surface area contributed by atoms with Gasteiger partial charge >= 0.3 is 5.97 Å². The van der Waals surface area contributed by atoms with Crippen molar-refractivity contribution in [3.63, 3.8) is 0 Å². The molecular formula is C18H20N4O3. The summed E-state index contributed by atoms with van der Waals surface area (Å²) in [7, 11) is 0. The van der Waals surface area contributed by atoms with Crippen LogP contribution in [0.5, 0.6) is 0 Å². The van der Waals surface area contributed by atoms with E-state index in [1.54, 1.807) is 11.8 Å². The molecule has 2 N–H and O–H groups in total. The first-order chi connectivity index (χ1) is 12.0. The van der Waals surface area contributed by atoms with E-state index < -0.39 is 5.97 Å². The second kappa shape index (κ2) is 9.17. The third kappa shape index (κ3) is 6.42. The predicted octanol–water partition coefficient (Wildman–Crippen LogP) is 2.03. The highest BCUT2D eigenvalue weighted by Crippen LogP contribution is 2.06. The Labute approximate surface area is 146 Å². The van der Waals surface area contributed by atoms with Crippen molar-refractivity contribution in [3.8, 4) is 0 Å². The maximum Gasteiger partial charge on any atom is 0.328 e. The van der Waals surface area contributed by atoms with Crippen LogP contribution in [0.15, 0.2) is 48.8 Å². The molecule has 2 aromatic rings. The van der Waals surface area contributed by atoms with Gasteiger partial charge in [0.2, 0.25) is 5.91 Å². The maximum absolute atomic E-state index is 11.8. The van der Waals surface area contributed by atoms with E-state index in [2.05, 4.69) is 15.3 Å². The number of carboxylic acid groups (broad SMARTS) is 1. The first-order valence-corrected chi connectivity index (χ1v) is 7.81. The molecule has 0 aliphatic heterocycles. The summed E-state index contributed by atoms with van der Waals surface area (Å²) in [6, 6.07) is 9.80. The van der Waals surface area contributed by atoms with E-state index in [0.29, 0.717) is 31.1 Å². The number of anilines is 1. The number of aliphatic carboxylic acids is 1. The van der Waals surface area contributed by atoms with Gasteiger partial charge in [-0.05, 0) is 11.6 Å². The van der Waals surface area contributed by atoms with Gasteiger partial charge in [-0.1, -0.05) is 30.3 Å². The summed E-state index contributed by atoms with van der Waals surface area (Å²) in [5, 5.41) is 11.7. The van der Waals surface area contributed by atoms with Gasteiger partial charge in [0.15, 0.2) is 0 Å². The molecule has 0 radical (unpaired) electrons. The molecule has 0 unspecified atom stereocenters. The summed E-state index contributed by atoms with van der Waals surface area (Å²) in [6.45, 7) is 3.17. The Kier molecular flexibility index (Phi) is 6.65. The van der Waals surface area contributed by atoms with E-state index in [-0.39, 0.29) is 5.91 Å². The van der Waals surface area contributed by atoms with Crippen LogP contribution in [0.4, 0.5) is 5.82 Å². The minimum atomic E-state index is -1.04. The SMILES string of the molecule is CC(=O)N(CCNc1cnc(C=CC(=O)O)cn1)Cc1ccccc1. The minimum Gasteiger partial charge on any atom is -0.478 e. The molecule has 0 bridgehead atoms. The van der Waals surface area contributed by atoms with E-state index in [1.807, 2.05) is 30.3 Å². The van der Waals surface area contributed by atoms with E-state index in [4.69, 9.17) is 5.11 Å². The Bertz CT molecular complexity index is 730. The van der Waals surface area contributed by atoms with Crippen molar-refractivity contribution in [1.29, 1.82) is 0 Å². The molecule has 0 saturated carbocycles. The zero-order chi connectivity index (χ0) is 18.1. The average molecular weight is 340 g/mol. The Hall–Kier alpha value is -3.22. The van der Waals surface area contributed by atoms with Crippen LogP contribution in [-0.4, -0.2) is 44.9 Å². The lowest BCUT2D eigenvalue weighted by Gasteiger charge is -2.21. The van der Waals surface area contributed by atoms with Crippen LogP contribution in [0.2, 0.25) is 0 Å². The number of rotatable bonds is 8. The second-order valence-corrected chi connectivity index (χ2v) is 5.35. The van der Waals surface area contributed by atoms with Crippen molar-refractivity contribution < 1.29 is 14.7 Å². The molecule has 1 heterocycles. The van der Waals surface area contributed by atoms with Crippen LogP contribution in [0.25, 0.3) is 6.08 Å². The van der Waals surface area contributed by atoms with Gasteiger partial charge in [0.05, 0.1) is 18.1 Å². The van der Waals surface area contributed by atoms with E-state index >= 15 is 0 Å². The Balaban J connectivity index is 1.85. The quantitative estimate of drug-likeness (QED) is 0.714. The van der Waals surface area contributed by atoms with Gasteiger partial charge < -0.3 is 15.3 Å². The van der Waals surface area contributed by atoms with Gasteiger partial charge in [-0.25, -0.2) is 9.78 Å². The average Bonchev–Trinajstić information content (AvgIpc) is 2.61. The summed E-state index contributed by atoms with van der Waals surface area (Å²) in [4.78, 5) is 32.2. The molecule has 0 aliphatic carbocycles. The highest BCUT2D eigenvalue weighted by molar-refractivity contribution is 5.84. The van der Waals surface area contributed by atoms with Crippen LogP contribution >= 0.6 is 0 Å². The van der Waals surface area contributed by atoms with E-state index in [1.165, 1.54) is 18.5 Å². The molecule has 0 aliphatic rings. The zero-order valence-electron chi connectivity index (χ0n) is 13.9. The van der Waals surface area contributed by atoms with Gasteiger partial charge in [-0.3, -0.25) is 9.78 Å². The molecule has 1 amide bonds. The smallest absolute Gasteiger partial charge is 0.328 e. The van der Waals surface area contributed by atoms with Crippen molar-refractivity contribution in [2.75, 3.05) is 18.4 Å². The zero-order valence-corrected chi connectivity index (χ0v) is 13.9. The number of amides is 1. The van der Waals surface area contributed by atoms with Crippen LogP contribution in [-0.2, 0) is 16.1 Å². The number of nitrogens with one attached hydrogen (secondary N) is 1. The lowest BCUT2D eigenvalue weighted by atomic mass is 10.2. The van der Waals surface area contributed by atoms with Crippen molar-refractivity contribution >= 4 is 23.8 Å². The molecule has 1 aromatic carbocycles. The number of hydrogen-bond donors (Lipinski definition) is 2. The van der Waals surface area contributed by atoms with E-state index in [0.717, 1.165) is 11.6 Å². The Morgan fingerprint density at radius 1 is 1.20 bits per heavy atom. The van der Waals surface area contributed by atoms with Crippen LogP contribution < -0.4 is 5.32 Å². The van der Waals surface area contributed by atoms with Gasteiger partial charge in [0.1, 0.15) is 5.82 Å². The van der Waals surface area contributed by atoms with Gasteiger partial charge in [0, 0.05) is 32.6 Å². The molecule has 2 rings (SSSR count). The third-order valence-electron chi connectivity index (χ3n) is 3.42. The summed E-state index contributed by atoms with van der Waals surface area (Å²) < 4.78 is 0. The summed E-state index contributed by atoms with van der Waals surface area (Å²) in [5.41, 5.74) is 1.54. The normalized spacial score (nSPS) is 10.6. The first-order valence-electron chi connectivity index (χ1n) is 7.81. The molecule has 0 fully saturated rings. The van der Waals surface area contributed by atoms with Crippen LogP contribution in [0.1, 0.15) is 18.2 Å². The topological polar surface area (TPSA) is 95.4 Å². The number of hydrogen-bond acceptors (Lipinski definition) is 5. The van der Waals surface area contributed by atoms with Crippen molar-refractivity contribution in [3.05, 3.63) is 60.1 Å². The molecule has 130 valence electrons. The number of carboxylic acids is 1. The molecule has 7 nitrogen and oxygen atoms in total. The molecule has 1 aromatic heterocycles. The first kappa shape index (κ1) is 18.1. The highest BCUT2D eigenvalue weighted by Gasteiger charge is 2.09. The lowest BCUT2D eigenvalue weighted by molar-refractivity contribution is -0.131. The van der Waals surface area contributed by atoms with Gasteiger partial charge in [0.25, 0.3) is 0 Å². The molecule has 0 saturated heterocycles. The molecule has 7 heteroatoms.